The molecule has 2 amide bonds. The lowest BCUT2D eigenvalue weighted by Crippen LogP contribution is -2.78. The van der Waals surface area contributed by atoms with Crippen molar-refractivity contribution in [2.24, 2.45) is 5.73 Å². The second-order valence-electron chi connectivity index (χ2n) is 7.35. The van der Waals surface area contributed by atoms with Gasteiger partial charge < -0.3 is 21.1 Å². The van der Waals surface area contributed by atoms with Crippen LogP contribution in [0, 0.1) is 0 Å². The molecule has 2 saturated heterocycles. The average molecular weight is 398 g/mol. The molecular weight excluding hydrogens is 374 g/mol. The number of nitrogens with one attached hydrogen (secondary N) is 1. The summed E-state index contributed by atoms with van der Waals surface area (Å²) >= 11 is 2.87. The zero-order chi connectivity index (χ0) is 19.4. The van der Waals surface area contributed by atoms with Crippen molar-refractivity contribution in [1.29, 1.82) is 0 Å². The number of hydrogen-bond acceptors (Lipinski definition) is 6. The summed E-state index contributed by atoms with van der Waals surface area (Å²) in [5.74, 6) is -1.84. The van der Waals surface area contributed by atoms with E-state index in [1.165, 1.54) is 28.0 Å². The Balaban J connectivity index is 1.77. The van der Waals surface area contributed by atoms with Gasteiger partial charge in [-0.05, 0) is 39.3 Å². The predicted molar refractivity (Wildman–Crippen MR) is 101 cm³/mol. The molecule has 2 aliphatic rings. The maximum Gasteiger partial charge on any atom is 0.327 e. The molecule has 2 unspecified atom stereocenters. The van der Waals surface area contributed by atoms with Gasteiger partial charge >= 0.3 is 5.97 Å². The molecule has 1 aromatic heterocycles. The Bertz CT molecular complexity index is 778. The Morgan fingerprint density at radius 2 is 2.04 bits per heavy atom. The van der Waals surface area contributed by atoms with Gasteiger partial charge in [-0.3, -0.25) is 9.59 Å². The number of thioether (sulfide) groups is 1. The summed E-state index contributed by atoms with van der Waals surface area (Å²) < 4.78 is -0.638. The predicted octanol–water partition coefficient (Wildman–Crippen LogP) is 1.33. The Hall–Kier alpha value is -1.58. The largest absolute Gasteiger partial charge is 0.480 e. The number of carbonyl (C=O) groups is 3. The lowest BCUT2D eigenvalue weighted by molar-refractivity contribution is -0.168. The van der Waals surface area contributed by atoms with E-state index in [0.717, 1.165) is 16.2 Å². The smallest absolute Gasteiger partial charge is 0.327 e. The van der Waals surface area contributed by atoms with Gasteiger partial charge in [0.15, 0.2) is 0 Å². The molecule has 142 valence electrons. The van der Waals surface area contributed by atoms with Crippen LogP contribution in [0.25, 0.3) is 0 Å². The molecule has 26 heavy (non-hydrogen) atoms. The summed E-state index contributed by atoms with van der Waals surface area (Å²) in [6.45, 7) is 7.27. The summed E-state index contributed by atoms with van der Waals surface area (Å²) in [6, 6.07) is 2.01. The van der Waals surface area contributed by atoms with Crippen LogP contribution in [-0.2, 0) is 20.8 Å². The van der Waals surface area contributed by atoms with Crippen molar-refractivity contribution in [3.05, 3.63) is 21.9 Å². The second-order valence-corrected chi connectivity index (χ2v) is 10.3. The Labute approximate surface area is 160 Å². The number of thiophene rings is 1. The molecule has 4 N–H and O–H groups in total. The molecule has 3 rings (SSSR count). The molecule has 0 radical (unpaired) electrons. The van der Waals surface area contributed by atoms with Crippen LogP contribution in [0.4, 0.5) is 0 Å². The zero-order valence-electron chi connectivity index (χ0n) is 15.1. The van der Waals surface area contributed by atoms with Crippen LogP contribution < -0.4 is 11.1 Å². The van der Waals surface area contributed by atoms with Crippen LogP contribution in [0.2, 0.25) is 0 Å². The van der Waals surface area contributed by atoms with Crippen molar-refractivity contribution < 1.29 is 19.5 Å². The molecule has 0 spiro atoms. The topological polar surface area (TPSA) is 113 Å². The monoisotopic (exact) mass is 397 g/mol. The van der Waals surface area contributed by atoms with Gasteiger partial charge in [-0.15, -0.1) is 23.1 Å². The Kier molecular flexibility index (Phi) is 4.61. The van der Waals surface area contributed by atoms with Gasteiger partial charge in [0.1, 0.15) is 23.0 Å². The zero-order valence-corrected chi connectivity index (χ0v) is 16.7. The number of β-lactam (4-membered cyclic amide) rings is 1. The lowest BCUT2D eigenvalue weighted by atomic mass is 9.86. The number of aryl methyl sites for hydroxylation is 1. The number of fused-ring (bicyclic) bond motifs is 1. The van der Waals surface area contributed by atoms with Gasteiger partial charge in [0.05, 0.1) is 0 Å². The lowest BCUT2D eigenvalue weighted by Gasteiger charge is -2.51. The summed E-state index contributed by atoms with van der Waals surface area (Å²) in [6.07, 6.45) is 0.870. The van der Waals surface area contributed by atoms with E-state index in [2.05, 4.69) is 5.32 Å². The van der Waals surface area contributed by atoms with E-state index in [0.29, 0.717) is 0 Å². The number of carboxylic acids is 1. The van der Waals surface area contributed by atoms with Crippen LogP contribution in [0.5, 0.6) is 0 Å². The summed E-state index contributed by atoms with van der Waals surface area (Å²) in [5, 5.41) is 11.8. The number of hydrogen-bond donors (Lipinski definition) is 3. The van der Waals surface area contributed by atoms with E-state index in [9.17, 15) is 19.5 Å². The second kappa shape index (κ2) is 6.24. The first-order valence-electron chi connectivity index (χ1n) is 8.42. The van der Waals surface area contributed by atoms with E-state index in [1.54, 1.807) is 20.8 Å². The van der Waals surface area contributed by atoms with Crippen molar-refractivity contribution in [3.63, 3.8) is 0 Å². The van der Waals surface area contributed by atoms with Gasteiger partial charge in [-0.1, -0.05) is 6.92 Å². The fourth-order valence-electron chi connectivity index (χ4n) is 3.55. The highest BCUT2D eigenvalue weighted by Gasteiger charge is 2.70. The quantitative estimate of drug-likeness (QED) is 0.646. The van der Waals surface area contributed by atoms with Crippen molar-refractivity contribution >= 4 is 40.9 Å². The van der Waals surface area contributed by atoms with Crippen LogP contribution >= 0.6 is 23.1 Å². The molecule has 3 heterocycles. The molecule has 0 bridgehead atoms. The van der Waals surface area contributed by atoms with Gasteiger partial charge in [0, 0.05) is 14.5 Å². The number of carbonyl (C=O) groups excluding carboxylic acids is 2. The minimum absolute atomic E-state index is 0.381. The maximum atomic E-state index is 12.7. The summed E-state index contributed by atoms with van der Waals surface area (Å²) in [5.41, 5.74) is 4.93. The van der Waals surface area contributed by atoms with E-state index < -0.39 is 39.6 Å². The van der Waals surface area contributed by atoms with Crippen LogP contribution in [0.15, 0.2) is 12.1 Å². The van der Waals surface area contributed by atoms with Crippen molar-refractivity contribution in [2.45, 2.75) is 61.9 Å². The minimum atomic E-state index is -1.15. The van der Waals surface area contributed by atoms with Crippen molar-refractivity contribution in [2.75, 3.05) is 0 Å². The number of carboxylic acid groups (broad SMARTS) is 1. The third-order valence-electron chi connectivity index (χ3n) is 5.01. The summed E-state index contributed by atoms with van der Waals surface area (Å²) in [7, 11) is 0. The molecule has 0 aromatic carbocycles. The number of nitrogens with zero attached hydrogens (tertiary/aromatic N) is 1. The number of amides is 2. The SMILES string of the molecule is CCc1ccc(C(N)C(=O)NC2(C)C(=O)N3[C@@H](C(=O)O)C(C)(C)S[C@@H]32)s1. The van der Waals surface area contributed by atoms with Gasteiger partial charge in [0.25, 0.3) is 5.91 Å². The highest BCUT2D eigenvalue weighted by atomic mass is 32.2. The molecule has 9 heteroatoms. The van der Waals surface area contributed by atoms with Crippen LogP contribution in [0.3, 0.4) is 0 Å². The molecule has 2 fully saturated rings. The van der Waals surface area contributed by atoms with E-state index >= 15 is 0 Å². The number of aliphatic carboxylic acids is 1. The molecule has 4 atom stereocenters. The molecule has 7 nitrogen and oxygen atoms in total. The standard InChI is InChI=1S/C17H23N3O4S2/c1-5-8-6-7-9(25-8)10(18)12(21)19-17(4)14(24)20-11(13(22)23)16(2,3)26-15(17)20/h6-7,10-11,15H,5,18H2,1-4H3,(H,19,21)(H,22,23)/t10?,11-,15+,17?/m0/s1. The van der Waals surface area contributed by atoms with Gasteiger partial charge in [0.2, 0.25) is 5.91 Å². The summed E-state index contributed by atoms with van der Waals surface area (Å²) in [4.78, 5) is 40.2. The fourth-order valence-corrected chi connectivity index (χ4v) is 6.15. The Morgan fingerprint density at radius 1 is 1.38 bits per heavy atom. The third kappa shape index (κ3) is 2.73. The molecule has 1 aromatic rings. The first-order valence-corrected chi connectivity index (χ1v) is 10.1. The first kappa shape index (κ1) is 19.2. The van der Waals surface area contributed by atoms with E-state index in [4.69, 9.17) is 5.73 Å². The van der Waals surface area contributed by atoms with Gasteiger partial charge in [-0.2, -0.15) is 0 Å². The highest BCUT2D eigenvalue weighted by Crippen LogP contribution is 2.54. The molecule has 0 aliphatic carbocycles. The van der Waals surface area contributed by atoms with E-state index in [1.807, 2.05) is 19.1 Å². The van der Waals surface area contributed by atoms with Crippen molar-refractivity contribution in [3.8, 4) is 0 Å². The molecule has 0 saturated carbocycles. The third-order valence-corrected chi connectivity index (χ3v) is 8.08. The van der Waals surface area contributed by atoms with Crippen LogP contribution in [-0.4, -0.2) is 49.5 Å². The number of nitrogens with two attached hydrogens (primary N) is 1. The Morgan fingerprint density at radius 3 is 2.58 bits per heavy atom. The maximum absolute atomic E-state index is 12.7. The number of rotatable bonds is 5. The highest BCUT2D eigenvalue weighted by molar-refractivity contribution is 8.01. The van der Waals surface area contributed by atoms with Crippen LogP contribution in [0.1, 0.15) is 43.5 Å². The average Bonchev–Trinajstić information content (AvgIpc) is 3.14. The molecule has 2 aliphatic heterocycles. The van der Waals surface area contributed by atoms with Gasteiger partial charge in [-0.25, -0.2) is 4.79 Å². The molecular formula is C17H23N3O4S2. The minimum Gasteiger partial charge on any atom is -0.480 e. The normalized spacial score (nSPS) is 30.5. The fraction of sp³-hybridized carbons (Fsp3) is 0.588. The van der Waals surface area contributed by atoms with Crippen molar-refractivity contribution in [1.82, 2.24) is 10.2 Å². The van der Waals surface area contributed by atoms with E-state index in [-0.39, 0.29) is 5.91 Å². The first-order chi connectivity index (χ1) is 12.0.